The van der Waals surface area contributed by atoms with Gasteiger partial charge in [-0.15, -0.1) is 0 Å². The molecule has 0 aromatic carbocycles. The monoisotopic (exact) mass is 271 g/mol. The fourth-order valence-electron chi connectivity index (χ4n) is 3.31. The van der Waals surface area contributed by atoms with E-state index in [1.54, 1.807) is 0 Å². The Bertz CT molecular complexity index is 334. The third kappa shape index (κ3) is 3.03. The van der Waals surface area contributed by atoms with Gasteiger partial charge in [0.25, 0.3) is 0 Å². The van der Waals surface area contributed by atoms with E-state index in [4.69, 9.17) is 4.74 Å². The second-order valence-corrected chi connectivity index (χ2v) is 7.14. The van der Waals surface area contributed by atoms with Crippen molar-refractivity contribution in [3.8, 4) is 0 Å². The summed E-state index contributed by atoms with van der Waals surface area (Å²) in [5.74, 6) is 0. The highest BCUT2D eigenvalue weighted by atomic mass is 16.6. The van der Waals surface area contributed by atoms with Crippen LogP contribution in [0.3, 0.4) is 0 Å². The van der Waals surface area contributed by atoms with Crippen molar-refractivity contribution in [2.45, 2.75) is 76.7 Å². The summed E-state index contributed by atoms with van der Waals surface area (Å²) >= 11 is 0. The number of ether oxygens (including phenoxy) is 1. The Balaban J connectivity index is 1.95. The van der Waals surface area contributed by atoms with Crippen molar-refractivity contribution in [3.63, 3.8) is 0 Å². The van der Waals surface area contributed by atoms with Gasteiger partial charge in [-0.25, -0.2) is 4.79 Å². The van der Waals surface area contributed by atoms with E-state index in [0.717, 1.165) is 38.5 Å². The highest BCUT2D eigenvalue weighted by molar-refractivity contribution is 5.68. The Morgan fingerprint density at radius 2 is 1.58 bits per heavy atom. The Kier molecular flexibility index (Phi) is 3.56. The fourth-order valence-corrected chi connectivity index (χ4v) is 3.31. The summed E-state index contributed by atoms with van der Waals surface area (Å²) in [6.07, 6.45) is 3.03. The Morgan fingerprint density at radius 1 is 1.11 bits per heavy atom. The summed E-state index contributed by atoms with van der Waals surface area (Å²) in [4.78, 5) is 11.9. The molecule has 0 heterocycles. The zero-order valence-corrected chi connectivity index (χ0v) is 12.0. The van der Waals surface area contributed by atoms with Gasteiger partial charge in [-0.2, -0.15) is 0 Å². The number of alkyl carbamates (subject to hydrolysis) is 1. The number of aliphatic hydroxyl groups is 2. The molecule has 3 saturated carbocycles. The highest BCUT2D eigenvalue weighted by Gasteiger charge is 2.52. The van der Waals surface area contributed by atoms with Crippen LogP contribution in [-0.4, -0.2) is 33.7 Å². The molecule has 0 atom stereocenters. The van der Waals surface area contributed by atoms with Gasteiger partial charge in [0.2, 0.25) is 0 Å². The Hall–Kier alpha value is -0.810. The predicted octanol–water partition coefficient (Wildman–Crippen LogP) is 1.91. The number of hydrogen-bond donors (Lipinski definition) is 3. The van der Waals surface area contributed by atoms with Crippen LogP contribution in [0.5, 0.6) is 0 Å². The summed E-state index contributed by atoms with van der Waals surface area (Å²) in [6, 6.07) is 0. The summed E-state index contributed by atoms with van der Waals surface area (Å²) in [5.41, 5.74) is -1.05. The van der Waals surface area contributed by atoms with Crippen LogP contribution >= 0.6 is 0 Å². The molecule has 0 aromatic rings. The first-order valence-electron chi connectivity index (χ1n) is 7.04. The fraction of sp³-hybridized carbons (Fsp3) is 0.929. The molecule has 5 heteroatoms. The Morgan fingerprint density at radius 3 is 1.95 bits per heavy atom. The summed E-state index contributed by atoms with van der Waals surface area (Å²) < 4.78 is 5.31. The average Bonchev–Trinajstić information content (AvgIpc) is 2.27. The van der Waals surface area contributed by atoms with Crippen LogP contribution in [-0.2, 0) is 4.74 Å². The molecule has 0 aliphatic heterocycles. The zero-order chi connectivity index (χ0) is 14.3. The summed E-state index contributed by atoms with van der Waals surface area (Å²) in [7, 11) is 0. The first kappa shape index (κ1) is 14.6. The quantitative estimate of drug-likeness (QED) is 0.670. The maximum Gasteiger partial charge on any atom is 0.408 e. The number of carbonyl (C=O) groups excluding carboxylic acids is 1. The van der Waals surface area contributed by atoms with Gasteiger partial charge in [0.1, 0.15) is 5.60 Å². The largest absolute Gasteiger partial charge is 0.444 e. The smallest absolute Gasteiger partial charge is 0.408 e. The van der Waals surface area contributed by atoms with Crippen LogP contribution in [0.1, 0.15) is 59.3 Å². The van der Waals surface area contributed by atoms with Crippen molar-refractivity contribution in [2.24, 2.45) is 5.41 Å². The topological polar surface area (TPSA) is 78.8 Å². The van der Waals surface area contributed by atoms with E-state index in [-0.39, 0.29) is 17.0 Å². The SMILES string of the molecule is CC(C)(C)OC(=O)NC12CCC(C(O)O)(CC1)CC2. The van der Waals surface area contributed by atoms with E-state index in [2.05, 4.69) is 5.32 Å². The molecular formula is C14H25NO4. The van der Waals surface area contributed by atoms with Crippen LogP contribution in [0, 0.1) is 5.41 Å². The predicted molar refractivity (Wildman–Crippen MR) is 70.5 cm³/mol. The van der Waals surface area contributed by atoms with Gasteiger partial charge >= 0.3 is 6.09 Å². The molecule has 2 bridgehead atoms. The third-order valence-corrected chi connectivity index (χ3v) is 4.62. The third-order valence-electron chi connectivity index (χ3n) is 4.62. The van der Waals surface area contributed by atoms with E-state index in [1.165, 1.54) is 0 Å². The first-order chi connectivity index (χ1) is 8.67. The molecule has 5 nitrogen and oxygen atoms in total. The van der Waals surface area contributed by atoms with E-state index in [9.17, 15) is 15.0 Å². The van der Waals surface area contributed by atoms with Gasteiger partial charge in [-0.3, -0.25) is 0 Å². The molecule has 110 valence electrons. The van der Waals surface area contributed by atoms with Crippen LogP contribution < -0.4 is 5.32 Å². The highest BCUT2D eigenvalue weighted by Crippen LogP contribution is 2.53. The molecule has 19 heavy (non-hydrogen) atoms. The molecule has 3 fully saturated rings. The first-order valence-corrected chi connectivity index (χ1v) is 7.04. The number of carbonyl (C=O) groups is 1. The van der Waals surface area contributed by atoms with Gasteiger partial charge in [0.05, 0.1) is 0 Å². The van der Waals surface area contributed by atoms with Gasteiger partial charge in [-0.1, -0.05) is 0 Å². The minimum Gasteiger partial charge on any atom is -0.444 e. The van der Waals surface area contributed by atoms with Crippen LogP contribution in [0.15, 0.2) is 0 Å². The Labute approximate surface area is 114 Å². The van der Waals surface area contributed by atoms with Crippen molar-refractivity contribution in [3.05, 3.63) is 0 Å². The second-order valence-electron chi connectivity index (χ2n) is 7.14. The molecule has 0 radical (unpaired) electrons. The second kappa shape index (κ2) is 4.63. The number of fused-ring (bicyclic) bond motifs is 3. The minimum absolute atomic E-state index is 0.209. The number of amides is 1. The van der Waals surface area contributed by atoms with Gasteiger partial charge in [0.15, 0.2) is 6.29 Å². The molecule has 1 amide bonds. The lowest BCUT2D eigenvalue weighted by Gasteiger charge is -2.54. The van der Waals surface area contributed by atoms with Crippen molar-refractivity contribution in [2.75, 3.05) is 0 Å². The number of nitrogens with one attached hydrogen (secondary N) is 1. The lowest BCUT2D eigenvalue weighted by Crippen LogP contribution is -2.59. The van der Waals surface area contributed by atoms with Gasteiger partial charge in [-0.05, 0) is 59.3 Å². The zero-order valence-electron chi connectivity index (χ0n) is 12.0. The number of rotatable bonds is 2. The number of aliphatic hydroxyl groups excluding tert-OH is 1. The van der Waals surface area contributed by atoms with Crippen LogP contribution in [0.25, 0.3) is 0 Å². The molecule has 3 N–H and O–H groups in total. The summed E-state index contributed by atoms with van der Waals surface area (Å²) in [5, 5.41) is 22.0. The molecule has 0 spiro atoms. The van der Waals surface area contributed by atoms with Crippen molar-refractivity contribution in [1.29, 1.82) is 0 Å². The molecule has 3 aliphatic carbocycles. The van der Waals surface area contributed by atoms with E-state index < -0.39 is 11.9 Å². The summed E-state index contributed by atoms with van der Waals surface area (Å²) in [6.45, 7) is 5.54. The van der Waals surface area contributed by atoms with E-state index in [0.29, 0.717) is 0 Å². The van der Waals surface area contributed by atoms with Crippen molar-refractivity contribution >= 4 is 6.09 Å². The molecular weight excluding hydrogens is 246 g/mol. The van der Waals surface area contributed by atoms with E-state index >= 15 is 0 Å². The normalized spacial score (nSPS) is 34.4. The van der Waals surface area contributed by atoms with E-state index in [1.807, 2.05) is 20.8 Å². The lowest BCUT2D eigenvalue weighted by atomic mass is 9.57. The standard InChI is InChI=1S/C14H25NO4/c1-12(2,3)19-11(18)15-14-7-4-13(5-8-14,6-9-14)10(16)17/h10,16-17H,4-9H2,1-3H3,(H,15,18). The molecule has 0 saturated heterocycles. The molecule has 3 rings (SSSR count). The minimum atomic E-state index is -1.24. The average molecular weight is 271 g/mol. The molecule has 0 unspecified atom stereocenters. The van der Waals surface area contributed by atoms with Crippen LogP contribution in [0.2, 0.25) is 0 Å². The maximum absolute atomic E-state index is 11.9. The maximum atomic E-state index is 11.9. The van der Waals surface area contributed by atoms with Crippen molar-refractivity contribution in [1.82, 2.24) is 5.32 Å². The van der Waals surface area contributed by atoms with Gasteiger partial charge < -0.3 is 20.3 Å². The lowest BCUT2D eigenvalue weighted by molar-refractivity contribution is -0.176. The molecule has 3 aliphatic rings. The number of hydrogen-bond acceptors (Lipinski definition) is 4. The molecule has 0 aromatic heterocycles. The van der Waals surface area contributed by atoms with Gasteiger partial charge in [0, 0.05) is 11.0 Å². The van der Waals surface area contributed by atoms with Crippen LogP contribution in [0.4, 0.5) is 4.79 Å². The van der Waals surface area contributed by atoms with Crippen molar-refractivity contribution < 1.29 is 19.7 Å².